The van der Waals surface area contributed by atoms with Crippen LogP contribution in [0.5, 0.6) is 0 Å². The maximum Gasteiger partial charge on any atom is 0.151 e. The number of fused-ring (bicyclic) bond motifs is 9. The number of para-hydroxylation sites is 1. The molecule has 0 atom stereocenters. The minimum Gasteiger partial charge on any atom is -0.309 e. The number of benzene rings is 11. The molecule has 0 saturated carbocycles. The van der Waals surface area contributed by atoms with Crippen molar-refractivity contribution in [3.05, 3.63) is 259 Å². The fourth-order valence-electron chi connectivity index (χ4n) is 9.48. The van der Waals surface area contributed by atoms with Crippen molar-refractivity contribution in [2.24, 2.45) is 9.98 Å². The zero-order valence-electron chi connectivity index (χ0n) is 38.6. The van der Waals surface area contributed by atoms with Gasteiger partial charge in [0.1, 0.15) is 0 Å². The van der Waals surface area contributed by atoms with Gasteiger partial charge in [0.05, 0.1) is 17.6 Å². The lowest BCUT2D eigenvalue weighted by atomic mass is 9.88. The molecular formula is C65H50N4. The summed E-state index contributed by atoms with van der Waals surface area (Å²) in [7, 11) is 0. The fraction of sp³-hybridized carbons (Fsp3) is 0.0308. The number of rotatable bonds is 7. The van der Waals surface area contributed by atoms with Crippen LogP contribution in [0.3, 0.4) is 0 Å². The second-order valence-electron chi connectivity index (χ2n) is 17.1. The predicted molar refractivity (Wildman–Crippen MR) is 297 cm³/mol. The molecule has 0 aliphatic heterocycles. The summed E-state index contributed by atoms with van der Waals surface area (Å²) in [6, 6.07) is 86.1. The van der Waals surface area contributed by atoms with E-state index in [4.69, 9.17) is 5.41 Å². The molecule has 1 heterocycles. The highest BCUT2D eigenvalue weighted by Gasteiger charge is 2.17. The van der Waals surface area contributed by atoms with E-state index in [-0.39, 0.29) is 5.84 Å². The van der Waals surface area contributed by atoms with Gasteiger partial charge in [0.2, 0.25) is 0 Å². The average Bonchev–Trinajstić information content (AvgIpc) is 3.75. The van der Waals surface area contributed by atoms with Gasteiger partial charge in [0.15, 0.2) is 5.84 Å². The summed E-state index contributed by atoms with van der Waals surface area (Å²) in [5.74, 6) is 0.223. The first-order chi connectivity index (χ1) is 34.0. The normalized spacial score (nSPS) is 10.9. The highest BCUT2D eigenvalue weighted by molar-refractivity contribution is 6.29. The fourth-order valence-corrected chi connectivity index (χ4v) is 9.48. The molecule has 12 aromatic rings. The number of hydrogen-bond donors (Lipinski definition) is 1. The maximum absolute atomic E-state index is 7.25. The third-order valence-electron chi connectivity index (χ3n) is 12.8. The van der Waals surface area contributed by atoms with Gasteiger partial charge in [-0.25, -0.2) is 4.99 Å². The number of aliphatic imine (C=N–C) groups is 2. The SMILES string of the molecule is C=NC(=N)c1ccccc1.C=NCc1cccc(-c2ccc3c(c2)c2ccccc2c2cccc(-c4ccc5c(c4)c4ccccc4n5-c4ccc(-c5ccccc5)cc4)c23)c1.Cc1ccccc1. The number of nitrogens with zero attached hydrogens (tertiary/aromatic N) is 3. The molecule has 0 aliphatic carbocycles. The first-order valence-corrected chi connectivity index (χ1v) is 23.2. The Balaban J connectivity index is 0.000000274. The van der Waals surface area contributed by atoms with E-state index in [9.17, 15) is 0 Å². The first kappa shape index (κ1) is 43.9. The highest BCUT2D eigenvalue weighted by Crippen LogP contribution is 2.43. The predicted octanol–water partition coefficient (Wildman–Crippen LogP) is 17.2. The van der Waals surface area contributed by atoms with Gasteiger partial charge < -0.3 is 4.57 Å². The maximum atomic E-state index is 7.25. The van der Waals surface area contributed by atoms with E-state index in [0.717, 1.165) is 11.3 Å². The lowest BCUT2D eigenvalue weighted by molar-refractivity contribution is 1.08. The zero-order chi connectivity index (χ0) is 47.1. The lowest BCUT2D eigenvalue weighted by Gasteiger charge is -2.16. The smallest absolute Gasteiger partial charge is 0.151 e. The van der Waals surface area contributed by atoms with Gasteiger partial charge in [0.25, 0.3) is 0 Å². The standard InChI is InChI=1S/C50H34N2.C8H8N2.C7H8/c1-51-32-33-11-9-14-36(29-33)37-23-27-45-46(30-37)42-16-6-5-15-41(42)44-19-10-18-40(50(44)45)38-24-28-49-47(31-38)43-17-7-8-20-48(43)52(49)39-25-21-35(22-26-39)34-12-3-2-4-13-34;1-10-8(9)7-5-3-2-4-6-7;1-7-5-3-2-4-6-7/h2-31H,1,32H2;2-6,9H,1H2;2-6H,1H3. The summed E-state index contributed by atoms with van der Waals surface area (Å²) in [5.41, 5.74) is 14.1. The Bertz CT molecular complexity index is 3800. The highest BCUT2D eigenvalue weighted by atomic mass is 15.0. The van der Waals surface area contributed by atoms with Gasteiger partial charge in [-0.1, -0.05) is 206 Å². The van der Waals surface area contributed by atoms with E-state index in [0.29, 0.717) is 6.54 Å². The van der Waals surface area contributed by atoms with Crippen LogP contribution < -0.4 is 0 Å². The van der Waals surface area contributed by atoms with Gasteiger partial charge >= 0.3 is 0 Å². The van der Waals surface area contributed by atoms with Crippen LogP contribution in [0, 0.1) is 12.3 Å². The molecule has 0 aliphatic rings. The molecule has 12 rings (SSSR count). The van der Waals surface area contributed by atoms with Crippen LogP contribution in [-0.4, -0.2) is 23.8 Å². The van der Waals surface area contributed by atoms with Crippen molar-refractivity contribution in [3.63, 3.8) is 0 Å². The van der Waals surface area contributed by atoms with E-state index in [2.05, 4.69) is 229 Å². The second-order valence-corrected chi connectivity index (χ2v) is 17.1. The molecule has 4 heteroatoms. The Morgan fingerprint density at radius 2 is 0.942 bits per heavy atom. The van der Waals surface area contributed by atoms with Crippen LogP contribution in [0.4, 0.5) is 0 Å². The largest absolute Gasteiger partial charge is 0.309 e. The summed E-state index contributed by atoms with van der Waals surface area (Å²) in [6.07, 6.45) is 0. The van der Waals surface area contributed by atoms with E-state index in [1.54, 1.807) is 0 Å². The van der Waals surface area contributed by atoms with E-state index in [1.165, 1.54) is 98.6 Å². The molecule has 1 aromatic heterocycles. The molecular weight excluding hydrogens is 837 g/mol. The Morgan fingerprint density at radius 1 is 0.420 bits per heavy atom. The molecule has 0 fully saturated rings. The zero-order valence-corrected chi connectivity index (χ0v) is 38.6. The Labute approximate surface area is 403 Å². The summed E-state index contributed by atoms with van der Waals surface area (Å²) in [6.45, 7) is 9.66. The molecule has 0 bridgehead atoms. The van der Waals surface area contributed by atoms with Crippen LogP contribution in [0.25, 0.3) is 93.2 Å². The molecule has 1 N–H and O–H groups in total. The number of amidine groups is 1. The molecule has 11 aromatic carbocycles. The van der Waals surface area contributed by atoms with Crippen molar-refractivity contribution in [1.82, 2.24) is 4.57 Å². The summed E-state index contributed by atoms with van der Waals surface area (Å²) < 4.78 is 2.40. The summed E-state index contributed by atoms with van der Waals surface area (Å²) in [5, 5.41) is 17.4. The third kappa shape index (κ3) is 9.00. The average molecular weight is 887 g/mol. The van der Waals surface area contributed by atoms with Crippen molar-refractivity contribution < 1.29 is 0 Å². The Kier molecular flexibility index (Phi) is 12.6. The third-order valence-corrected chi connectivity index (χ3v) is 12.8. The van der Waals surface area contributed by atoms with Gasteiger partial charge in [0, 0.05) is 22.0 Å². The van der Waals surface area contributed by atoms with Gasteiger partial charge in [-0.2, -0.15) is 0 Å². The summed E-state index contributed by atoms with van der Waals surface area (Å²) in [4.78, 5) is 7.61. The molecule has 69 heavy (non-hydrogen) atoms. The van der Waals surface area contributed by atoms with Gasteiger partial charge in [-0.3, -0.25) is 10.4 Å². The van der Waals surface area contributed by atoms with Crippen molar-refractivity contribution >= 4 is 73.4 Å². The number of aromatic nitrogens is 1. The second kappa shape index (κ2) is 19.9. The molecule has 4 nitrogen and oxygen atoms in total. The summed E-state index contributed by atoms with van der Waals surface area (Å²) >= 11 is 0. The molecule has 0 unspecified atom stereocenters. The minimum atomic E-state index is 0.223. The number of aryl methyl sites for hydroxylation is 1. The van der Waals surface area contributed by atoms with E-state index >= 15 is 0 Å². The quantitative estimate of drug-likeness (QED) is 0.0942. The van der Waals surface area contributed by atoms with Gasteiger partial charge in [-0.15, -0.1) is 0 Å². The van der Waals surface area contributed by atoms with Crippen LogP contribution in [0.2, 0.25) is 0 Å². The van der Waals surface area contributed by atoms with Crippen molar-refractivity contribution in [1.29, 1.82) is 5.41 Å². The first-order valence-electron chi connectivity index (χ1n) is 23.2. The molecule has 0 amide bonds. The monoisotopic (exact) mass is 886 g/mol. The van der Waals surface area contributed by atoms with Crippen molar-refractivity contribution in [2.45, 2.75) is 13.5 Å². The van der Waals surface area contributed by atoms with Gasteiger partial charge in [-0.05, 0) is 134 Å². The van der Waals surface area contributed by atoms with Crippen LogP contribution >= 0.6 is 0 Å². The minimum absolute atomic E-state index is 0.223. The van der Waals surface area contributed by atoms with E-state index in [1.807, 2.05) is 48.5 Å². The molecule has 0 radical (unpaired) electrons. The number of hydrogen-bond acceptors (Lipinski definition) is 2. The van der Waals surface area contributed by atoms with Crippen molar-refractivity contribution in [3.8, 4) is 39.1 Å². The van der Waals surface area contributed by atoms with Crippen LogP contribution in [-0.2, 0) is 6.54 Å². The van der Waals surface area contributed by atoms with Crippen LogP contribution in [0.15, 0.2) is 253 Å². The van der Waals surface area contributed by atoms with E-state index < -0.39 is 0 Å². The van der Waals surface area contributed by atoms with Crippen LogP contribution in [0.1, 0.15) is 16.7 Å². The molecule has 0 saturated heterocycles. The molecule has 0 spiro atoms. The Hall–Kier alpha value is -8.99. The topological polar surface area (TPSA) is 53.5 Å². The number of nitrogens with one attached hydrogen (secondary N) is 1. The Morgan fingerprint density at radius 3 is 1.64 bits per heavy atom. The van der Waals surface area contributed by atoms with Crippen molar-refractivity contribution in [2.75, 3.05) is 0 Å². The molecule has 330 valence electrons. The lowest BCUT2D eigenvalue weighted by Crippen LogP contribution is -1.94.